The average Bonchev–Trinajstić information content (AvgIpc) is 2.36. The first kappa shape index (κ1) is 14.8. The molecule has 1 aromatic rings. The highest BCUT2D eigenvalue weighted by molar-refractivity contribution is 5.89. The number of nitriles is 1. The summed E-state index contributed by atoms with van der Waals surface area (Å²) in [4.78, 5) is 11.5. The molecule has 1 aromatic carbocycles. The van der Waals surface area contributed by atoms with E-state index in [0.717, 1.165) is 18.2 Å². The molecule has 0 bridgehead atoms. The molecule has 0 spiro atoms. The molecule has 0 amide bonds. The monoisotopic (exact) mass is 269 g/mol. The standard InChI is InChI=1S/C13H10F3NO2/c1-3-8(2)12(18)19-11-9(7-17)5-4-6-10(11)13(14,15)16/h4-6H,2-3H2,1H3. The number of carbonyl (C=O) groups is 1. The topological polar surface area (TPSA) is 50.1 Å². The van der Waals surface area contributed by atoms with E-state index in [-0.39, 0.29) is 17.6 Å². The minimum absolute atomic E-state index is 0.0286. The molecule has 0 radical (unpaired) electrons. The number of para-hydroxylation sites is 1. The van der Waals surface area contributed by atoms with Crippen molar-refractivity contribution in [2.24, 2.45) is 0 Å². The molecule has 100 valence electrons. The number of hydrogen-bond donors (Lipinski definition) is 0. The highest BCUT2D eigenvalue weighted by Crippen LogP contribution is 2.38. The third-order valence-corrected chi connectivity index (χ3v) is 2.35. The maximum atomic E-state index is 12.8. The van der Waals surface area contributed by atoms with E-state index >= 15 is 0 Å². The Hall–Kier alpha value is -2.29. The fraction of sp³-hybridized carbons (Fsp3) is 0.231. The molecule has 0 aliphatic rings. The van der Waals surface area contributed by atoms with E-state index in [9.17, 15) is 18.0 Å². The molecule has 6 heteroatoms. The van der Waals surface area contributed by atoms with Gasteiger partial charge in [0, 0.05) is 5.57 Å². The van der Waals surface area contributed by atoms with Crippen molar-refractivity contribution in [1.82, 2.24) is 0 Å². The van der Waals surface area contributed by atoms with Crippen molar-refractivity contribution in [2.75, 3.05) is 0 Å². The number of hydrogen-bond acceptors (Lipinski definition) is 3. The summed E-state index contributed by atoms with van der Waals surface area (Å²) in [5, 5.41) is 8.79. The van der Waals surface area contributed by atoms with Crippen molar-refractivity contribution in [2.45, 2.75) is 19.5 Å². The minimum Gasteiger partial charge on any atom is -0.421 e. The van der Waals surface area contributed by atoms with Crippen molar-refractivity contribution in [3.63, 3.8) is 0 Å². The van der Waals surface area contributed by atoms with Crippen LogP contribution in [0.25, 0.3) is 0 Å². The van der Waals surface area contributed by atoms with Crippen LogP contribution in [-0.4, -0.2) is 5.97 Å². The molecule has 0 atom stereocenters. The van der Waals surface area contributed by atoms with Crippen LogP contribution in [0.1, 0.15) is 24.5 Å². The zero-order valence-corrected chi connectivity index (χ0v) is 10.0. The number of ether oxygens (including phenoxy) is 1. The molecule has 0 N–H and O–H groups in total. The number of halogens is 3. The largest absolute Gasteiger partial charge is 0.421 e. The van der Waals surface area contributed by atoms with E-state index in [2.05, 4.69) is 11.3 Å². The molecule has 0 aliphatic heterocycles. The summed E-state index contributed by atoms with van der Waals surface area (Å²) in [6.45, 7) is 4.99. The fourth-order valence-electron chi connectivity index (χ4n) is 1.27. The Labute approximate surface area is 107 Å². The maximum absolute atomic E-state index is 12.8. The van der Waals surface area contributed by atoms with E-state index in [1.165, 1.54) is 0 Å². The summed E-state index contributed by atoms with van der Waals surface area (Å²) in [6.07, 6.45) is -4.47. The third-order valence-electron chi connectivity index (χ3n) is 2.35. The van der Waals surface area contributed by atoms with Crippen LogP contribution in [0, 0.1) is 11.3 Å². The molecule has 0 aliphatic carbocycles. The second kappa shape index (κ2) is 5.57. The Morgan fingerprint density at radius 3 is 2.58 bits per heavy atom. The summed E-state index contributed by atoms with van der Waals surface area (Å²) in [7, 11) is 0. The molecule has 0 saturated heterocycles. The van der Waals surface area contributed by atoms with E-state index < -0.39 is 23.5 Å². The molecule has 3 nitrogen and oxygen atoms in total. The Bertz CT molecular complexity index is 556. The summed E-state index contributed by atoms with van der Waals surface area (Å²) in [5.74, 6) is -1.76. The van der Waals surface area contributed by atoms with Crippen LogP contribution >= 0.6 is 0 Å². The van der Waals surface area contributed by atoms with Gasteiger partial charge in [-0.05, 0) is 18.6 Å². The van der Waals surface area contributed by atoms with Gasteiger partial charge in [0.1, 0.15) is 6.07 Å². The van der Waals surface area contributed by atoms with Gasteiger partial charge < -0.3 is 4.74 Å². The summed E-state index contributed by atoms with van der Waals surface area (Å²) >= 11 is 0. The zero-order valence-electron chi connectivity index (χ0n) is 10.0. The van der Waals surface area contributed by atoms with Gasteiger partial charge in [0.05, 0.1) is 11.1 Å². The summed E-state index contributed by atoms with van der Waals surface area (Å²) in [5.41, 5.74) is -1.49. The maximum Gasteiger partial charge on any atom is 0.420 e. The molecule has 19 heavy (non-hydrogen) atoms. The molecule has 1 rings (SSSR count). The van der Waals surface area contributed by atoms with E-state index in [1.54, 1.807) is 13.0 Å². The number of rotatable bonds is 3. The van der Waals surface area contributed by atoms with Gasteiger partial charge in [-0.2, -0.15) is 18.4 Å². The van der Waals surface area contributed by atoms with Gasteiger partial charge in [-0.25, -0.2) is 4.79 Å². The van der Waals surface area contributed by atoms with Crippen LogP contribution in [0.2, 0.25) is 0 Å². The van der Waals surface area contributed by atoms with Gasteiger partial charge in [-0.1, -0.05) is 19.6 Å². The van der Waals surface area contributed by atoms with E-state index in [1.807, 2.05) is 0 Å². The lowest BCUT2D eigenvalue weighted by Crippen LogP contribution is -2.15. The second-order valence-corrected chi connectivity index (χ2v) is 3.64. The lowest BCUT2D eigenvalue weighted by molar-refractivity contribution is -0.141. The summed E-state index contributed by atoms with van der Waals surface area (Å²) in [6, 6.07) is 4.53. The first-order valence-electron chi connectivity index (χ1n) is 5.31. The van der Waals surface area contributed by atoms with Crippen LogP contribution in [0.4, 0.5) is 13.2 Å². The van der Waals surface area contributed by atoms with Gasteiger partial charge in [0.2, 0.25) is 0 Å². The van der Waals surface area contributed by atoms with Crippen LogP contribution in [0.3, 0.4) is 0 Å². The first-order valence-corrected chi connectivity index (χ1v) is 5.31. The Morgan fingerprint density at radius 1 is 1.47 bits per heavy atom. The zero-order chi connectivity index (χ0) is 14.6. The van der Waals surface area contributed by atoms with Gasteiger partial charge in [-0.15, -0.1) is 0 Å². The minimum atomic E-state index is -4.71. The molecule has 0 saturated carbocycles. The number of alkyl halides is 3. The molecular formula is C13H10F3NO2. The predicted molar refractivity (Wildman–Crippen MR) is 61.2 cm³/mol. The second-order valence-electron chi connectivity index (χ2n) is 3.64. The van der Waals surface area contributed by atoms with Gasteiger partial charge in [0.15, 0.2) is 5.75 Å². The van der Waals surface area contributed by atoms with E-state index in [0.29, 0.717) is 0 Å². The highest BCUT2D eigenvalue weighted by atomic mass is 19.4. The Kier molecular flexibility index (Phi) is 4.33. The van der Waals surface area contributed by atoms with Gasteiger partial charge >= 0.3 is 12.1 Å². The van der Waals surface area contributed by atoms with E-state index in [4.69, 9.17) is 5.26 Å². The van der Waals surface area contributed by atoms with Crippen LogP contribution < -0.4 is 4.74 Å². The molecule has 0 aromatic heterocycles. The van der Waals surface area contributed by atoms with Crippen LogP contribution in [-0.2, 0) is 11.0 Å². The SMILES string of the molecule is C=C(CC)C(=O)Oc1c(C#N)cccc1C(F)(F)F. The number of nitrogens with zero attached hydrogens (tertiary/aromatic N) is 1. The average molecular weight is 269 g/mol. The number of carbonyl (C=O) groups excluding carboxylic acids is 1. The lowest BCUT2D eigenvalue weighted by atomic mass is 10.1. The van der Waals surface area contributed by atoms with Gasteiger partial charge in [-0.3, -0.25) is 0 Å². The predicted octanol–water partition coefficient (Wildman–Crippen LogP) is 3.45. The molecular weight excluding hydrogens is 259 g/mol. The van der Waals surface area contributed by atoms with Gasteiger partial charge in [0.25, 0.3) is 0 Å². The number of benzene rings is 1. The first-order chi connectivity index (χ1) is 8.81. The van der Waals surface area contributed by atoms with Crippen molar-refractivity contribution < 1.29 is 22.7 Å². The smallest absolute Gasteiger partial charge is 0.420 e. The fourth-order valence-corrected chi connectivity index (χ4v) is 1.27. The molecule has 0 heterocycles. The third kappa shape index (κ3) is 3.35. The van der Waals surface area contributed by atoms with Crippen molar-refractivity contribution in [3.05, 3.63) is 41.5 Å². The van der Waals surface area contributed by atoms with Crippen molar-refractivity contribution in [1.29, 1.82) is 5.26 Å². The lowest BCUT2D eigenvalue weighted by Gasteiger charge is -2.14. The summed E-state index contributed by atoms with van der Waals surface area (Å²) < 4.78 is 43.0. The normalized spacial score (nSPS) is 10.7. The van der Waals surface area contributed by atoms with Crippen LogP contribution in [0.15, 0.2) is 30.4 Å². The Balaban J connectivity index is 3.29. The molecule has 0 fully saturated rings. The number of esters is 1. The molecule has 0 unspecified atom stereocenters. The van der Waals surface area contributed by atoms with Crippen molar-refractivity contribution in [3.8, 4) is 11.8 Å². The quantitative estimate of drug-likeness (QED) is 0.479. The Morgan fingerprint density at radius 2 is 2.11 bits per heavy atom. The van der Waals surface area contributed by atoms with Crippen LogP contribution in [0.5, 0.6) is 5.75 Å². The van der Waals surface area contributed by atoms with Crippen molar-refractivity contribution >= 4 is 5.97 Å². The highest BCUT2D eigenvalue weighted by Gasteiger charge is 2.36.